The van der Waals surface area contributed by atoms with Crippen molar-refractivity contribution in [2.24, 2.45) is 5.41 Å². The van der Waals surface area contributed by atoms with Gasteiger partial charge < -0.3 is 20.6 Å². The zero-order valence-electron chi connectivity index (χ0n) is 10.1. The number of hydrogen-bond donors (Lipinski definition) is 4. The Balaban J connectivity index is 3.87. The molecule has 0 aromatic heterocycles. The minimum Gasteiger partial charge on any atom is -0.396 e. The van der Waals surface area contributed by atoms with Gasteiger partial charge in [-0.3, -0.25) is 0 Å². The Labute approximate surface area is 92.3 Å². The van der Waals surface area contributed by atoms with E-state index in [-0.39, 0.29) is 13.2 Å². The van der Waals surface area contributed by atoms with E-state index in [0.29, 0.717) is 13.1 Å². The van der Waals surface area contributed by atoms with Crippen molar-refractivity contribution in [1.82, 2.24) is 5.32 Å². The lowest BCUT2D eigenvalue weighted by Gasteiger charge is -2.28. The zero-order valence-corrected chi connectivity index (χ0v) is 10.1. The van der Waals surface area contributed by atoms with Crippen LogP contribution in [0.5, 0.6) is 0 Å². The van der Waals surface area contributed by atoms with Crippen LogP contribution in [0.25, 0.3) is 0 Å². The van der Waals surface area contributed by atoms with Crippen molar-refractivity contribution < 1.29 is 15.3 Å². The van der Waals surface area contributed by atoms with Crippen LogP contribution < -0.4 is 5.32 Å². The highest BCUT2D eigenvalue weighted by molar-refractivity contribution is 4.79. The zero-order chi connectivity index (χ0) is 11.9. The van der Waals surface area contributed by atoms with Crippen molar-refractivity contribution in [3.05, 3.63) is 0 Å². The number of aliphatic hydroxyl groups excluding tert-OH is 2. The van der Waals surface area contributed by atoms with E-state index in [9.17, 15) is 5.11 Å². The van der Waals surface area contributed by atoms with E-state index >= 15 is 0 Å². The molecule has 0 aliphatic rings. The number of rotatable bonds is 8. The molecule has 0 aliphatic carbocycles. The molecule has 0 saturated heterocycles. The predicted octanol–water partition coefficient (Wildman–Crippen LogP) is 0.118. The molecular weight excluding hydrogens is 194 g/mol. The van der Waals surface area contributed by atoms with E-state index in [1.54, 1.807) is 13.8 Å². The molecule has 0 aromatic carbocycles. The van der Waals surface area contributed by atoms with Gasteiger partial charge in [-0.2, -0.15) is 0 Å². The van der Waals surface area contributed by atoms with E-state index in [1.165, 1.54) is 0 Å². The monoisotopic (exact) mass is 219 g/mol. The van der Waals surface area contributed by atoms with Crippen LogP contribution in [0.4, 0.5) is 0 Å². The first-order valence-electron chi connectivity index (χ1n) is 5.54. The molecule has 4 N–H and O–H groups in total. The molecule has 0 aromatic rings. The first-order valence-corrected chi connectivity index (χ1v) is 5.54. The van der Waals surface area contributed by atoms with Crippen molar-refractivity contribution in [1.29, 1.82) is 0 Å². The second kappa shape index (κ2) is 6.43. The van der Waals surface area contributed by atoms with Crippen molar-refractivity contribution >= 4 is 0 Å². The molecule has 15 heavy (non-hydrogen) atoms. The van der Waals surface area contributed by atoms with Crippen LogP contribution in [0, 0.1) is 5.41 Å². The lowest BCUT2D eigenvalue weighted by molar-refractivity contribution is 0.0344. The van der Waals surface area contributed by atoms with Crippen LogP contribution in [0.2, 0.25) is 0 Å². The highest BCUT2D eigenvalue weighted by Gasteiger charge is 2.24. The van der Waals surface area contributed by atoms with Gasteiger partial charge in [0.1, 0.15) is 0 Å². The highest BCUT2D eigenvalue weighted by Crippen LogP contribution is 2.14. The van der Waals surface area contributed by atoms with Gasteiger partial charge in [-0.1, -0.05) is 20.3 Å². The Hall–Kier alpha value is -0.160. The molecule has 92 valence electrons. The summed E-state index contributed by atoms with van der Waals surface area (Å²) in [4.78, 5) is 0. The summed E-state index contributed by atoms with van der Waals surface area (Å²) < 4.78 is 0. The first kappa shape index (κ1) is 14.8. The highest BCUT2D eigenvalue weighted by atomic mass is 16.3. The molecule has 4 heteroatoms. The number of hydrogen-bond acceptors (Lipinski definition) is 4. The lowest BCUT2D eigenvalue weighted by Crippen LogP contribution is -2.44. The van der Waals surface area contributed by atoms with E-state index in [0.717, 1.165) is 12.8 Å². The van der Waals surface area contributed by atoms with E-state index in [1.807, 2.05) is 6.92 Å². The maximum Gasteiger partial charge on any atom is 0.0743 e. The molecule has 4 nitrogen and oxygen atoms in total. The van der Waals surface area contributed by atoms with Gasteiger partial charge in [0.15, 0.2) is 0 Å². The molecule has 1 unspecified atom stereocenters. The Morgan fingerprint density at radius 2 is 1.60 bits per heavy atom. The Kier molecular flexibility index (Phi) is 6.36. The second-order valence-electron chi connectivity index (χ2n) is 4.98. The van der Waals surface area contributed by atoms with Crippen LogP contribution in [0.3, 0.4) is 0 Å². The largest absolute Gasteiger partial charge is 0.396 e. The Morgan fingerprint density at radius 1 is 1.07 bits per heavy atom. The van der Waals surface area contributed by atoms with Crippen molar-refractivity contribution in [2.75, 3.05) is 26.3 Å². The summed E-state index contributed by atoms with van der Waals surface area (Å²) in [6, 6.07) is 0. The van der Waals surface area contributed by atoms with Gasteiger partial charge in [0.25, 0.3) is 0 Å². The van der Waals surface area contributed by atoms with Gasteiger partial charge in [0.05, 0.1) is 18.8 Å². The van der Waals surface area contributed by atoms with Gasteiger partial charge in [-0.15, -0.1) is 0 Å². The lowest BCUT2D eigenvalue weighted by atomic mass is 9.92. The Morgan fingerprint density at radius 3 is 2.00 bits per heavy atom. The van der Waals surface area contributed by atoms with Gasteiger partial charge in [-0.25, -0.2) is 0 Å². The van der Waals surface area contributed by atoms with Gasteiger partial charge in [0, 0.05) is 18.5 Å². The second-order valence-corrected chi connectivity index (χ2v) is 4.98. The molecule has 0 heterocycles. The van der Waals surface area contributed by atoms with Gasteiger partial charge in [-0.05, 0) is 13.3 Å². The molecule has 0 amide bonds. The molecule has 0 rings (SSSR count). The molecule has 0 bridgehead atoms. The fraction of sp³-hybridized carbons (Fsp3) is 1.00. The normalized spacial score (nSPS) is 16.4. The minimum atomic E-state index is -0.708. The molecule has 1 atom stereocenters. The van der Waals surface area contributed by atoms with E-state index in [4.69, 9.17) is 10.2 Å². The number of aliphatic hydroxyl groups is 3. The van der Waals surface area contributed by atoms with Gasteiger partial charge >= 0.3 is 0 Å². The average molecular weight is 219 g/mol. The molecule has 0 fully saturated rings. The third-order valence-corrected chi connectivity index (χ3v) is 2.61. The minimum absolute atomic E-state index is 0.0631. The molecule has 0 spiro atoms. The summed E-state index contributed by atoms with van der Waals surface area (Å²) in [6.07, 6.45) is 1.68. The van der Waals surface area contributed by atoms with Crippen LogP contribution >= 0.6 is 0 Å². The summed E-state index contributed by atoms with van der Waals surface area (Å²) in [5.41, 5.74) is -1.22. The third kappa shape index (κ3) is 6.10. The van der Waals surface area contributed by atoms with Crippen molar-refractivity contribution in [3.63, 3.8) is 0 Å². The predicted molar refractivity (Wildman–Crippen MR) is 60.7 cm³/mol. The summed E-state index contributed by atoms with van der Waals surface area (Å²) in [5, 5.41) is 31.1. The standard InChI is InChI=1S/C11H25NO3/c1-4-5-11(3,15)7-12-6-10(2,8-13)9-14/h12-15H,4-9H2,1-3H3. The smallest absolute Gasteiger partial charge is 0.0743 e. The van der Waals surface area contributed by atoms with E-state index < -0.39 is 11.0 Å². The fourth-order valence-corrected chi connectivity index (χ4v) is 1.42. The molecule has 0 saturated carbocycles. The average Bonchev–Trinajstić information content (AvgIpc) is 2.17. The van der Waals surface area contributed by atoms with Gasteiger partial charge in [0.2, 0.25) is 0 Å². The molecular formula is C11H25NO3. The van der Waals surface area contributed by atoms with Crippen LogP contribution in [0.1, 0.15) is 33.6 Å². The van der Waals surface area contributed by atoms with E-state index in [2.05, 4.69) is 5.32 Å². The van der Waals surface area contributed by atoms with Crippen LogP contribution in [-0.2, 0) is 0 Å². The topological polar surface area (TPSA) is 72.7 Å². The Bertz CT molecular complexity index is 167. The maximum absolute atomic E-state index is 9.87. The van der Waals surface area contributed by atoms with Crippen molar-refractivity contribution in [2.45, 2.75) is 39.2 Å². The summed E-state index contributed by atoms with van der Waals surface area (Å²) in [7, 11) is 0. The molecule has 0 aliphatic heterocycles. The first-order chi connectivity index (χ1) is 6.89. The summed E-state index contributed by atoms with van der Waals surface area (Å²) in [5.74, 6) is 0. The van der Waals surface area contributed by atoms with Crippen LogP contribution in [0.15, 0.2) is 0 Å². The molecule has 0 radical (unpaired) electrons. The fourth-order valence-electron chi connectivity index (χ4n) is 1.42. The maximum atomic E-state index is 9.87. The van der Waals surface area contributed by atoms with Crippen molar-refractivity contribution in [3.8, 4) is 0 Å². The van der Waals surface area contributed by atoms with Crippen LogP contribution in [-0.4, -0.2) is 47.2 Å². The number of nitrogens with one attached hydrogen (secondary N) is 1. The summed E-state index contributed by atoms with van der Waals surface area (Å²) >= 11 is 0. The summed E-state index contributed by atoms with van der Waals surface area (Å²) in [6.45, 7) is 6.47. The quantitative estimate of drug-likeness (QED) is 0.468. The third-order valence-electron chi connectivity index (χ3n) is 2.61. The SMILES string of the molecule is CCCC(C)(O)CNCC(C)(CO)CO.